The molecule has 1 heterocycles. The number of nitrogens with one attached hydrogen (secondary N) is 2. The fraction of sp³-hybridized carbons (Fsp3) is 0.400. The Bertz CT molecular complexity index is 749. The average molecular weight is 371 g/mol. The summed E-state index contributed by atoms with van der Waals surface area (Å²) < 4.78 is 11.1. The number of aromatic nitrogens is 1. The van der Waals surface area contributed by atoms with E-state index in [1.54, 1.807) is 14.2 Å². The molecule has 0 aliphatic rings. The minimum Gasteiger partial charge on any atom is -0.497 e. The molecule has 2 aromatic rings. The average Bonchev–Trinajstić information content (AvgIpc) is 2.68. The molecule has 0 saturated carbocycles. The fourth-order valence-electron chi connectivity index (χ4n) is 2.40. The number of pyridine rings is 1. The number of benzene rings is 1. The molecule has 0 fully saturated rings. The van der Waals surface area contributed by atoms with Crippen LogP contribution in [0.5, 0.6) is 11.5 Å². The van der Waals surface area contributed by atoms with E-state index in [9.17, 15) is 0 Å². The van der Waals surface area contributed by atoms with Gasteiger partial charge in [0.05, 0.1) is 25.9 Å². The van der Waals surface area contributed by atoms with Crippen LogP contribution in [-0.2, 0) is 6.54 Å². The van der Waals surface area contributed by atoms with Gasteiger partial charge in [0.25, 0.3) is 0 Å². The lowest BCUT2D eigenvalue weighted by molar-refractivity contribution is 0.223. The van der Waals surface area contributed by atoms with Crippen molar-refractivity contribution in [2.24, 2.45) is 4.99 Å². The van der Waals surface area contributed by atoms with E-state index >= 15 is 0 Å². The molecule has 0 bridgehead atoms. The standard InChI is InChI=1S/C20H29N5O2/c1-15(27-18-10-7-9-17(12-18)26-5)13-22-20(21-2)23-14-16-8-6-11-19(24-16)25(3)4/h6-12,15H,13-14H2,1-5H3,(H2,21,22,23). The van der Waals surface area contributed by atoms with Crippen LogP contribution in [0.4, 0.5) is 5.82 Å². The Morgan fingerprint density at radius 2 is 1.89 bits per heavy atom. The molecule has 27 heavy (non-hydrogen) atoms. The van der Waals surface area contributed by atoms with Crippen molar-refractivity contribution in [3.63, 3.8) is 0 Å². The Hall–Kier alpha value is -2.96. The Balaban J connectivity index is 1.81. The monoisotopic (exact) mass is 371 g/mol. The van der Waals surface area contributed by atoms with Crippen molar-refractivity contribution in [3.8, 4) is 11.5 Å². The van der Waals surface area contributed by atoms with Crippen molar-refractivity contribution in [2.45, 2.75) is 19.6 Å². The smallest absolute Gasteiger partial charge is 0.191 e. The van der Waals surface area contributed by atoms with Gasteiger partial charge in [-0.05, 0) is 31.2 Å². The van der Waals surface area contributed by atoms with Gasteiger partial charge in [0.1, 0.15) is 23.4 Å². The Morgan fingerprint density at radius 3 is 2.59 bits per heavy atom. The van der Waals surface area contributed by atoms with Crippen LogP contribution in [0.15, 0.2) is 47.5 Å². The third kappa shape index (κ3) is 6.69. The maximum absolute atomic E-state index is 5.91. The highest BCUT2D eigenvalue weighted by Crippen LogP contribution is 2.19. The van der Waals surface area contributed by atoms with E-state index < -0.39 is 0 Å². The lowest BCUT2D eigenvalue weighted by Gasteiger charge is -2.18. The van der Waals surface area contributed by atoms with Gasteiger partial charge in [0.2, 0.25) is 0 Å². The van der Waals surface area contributed by atoms with E-state index in [0.29, 0.717) is 19.0 Å². The second-order valence-corrected chi connectivity index (χ2v) is 6.30. The lowest BCUT2D eigenvalue weighted by atomic mass is 10.3. The van der Waals surface area contributed by atoms with Gasteiger partial charge < -0.3 is 25.0 Å². The fourth-order valence-corrected chi connectivity index (χ4v) is 2.40. The number of guanidine groups is 1. The minimum atomic E-state index is -0.0362. The van der Waals surface area contributed by atoms with Crippen LogP contribution in [0.2, 0.25) is 0 Å². The summed E-state index contributed by atoms with van der Waals surface area (Å²) in [4.78, 5) is 10.8. The van der Waals surface area contributed by atoms with Crippen LogP contribution >= 0.6 is 0 Å². The first-order chi connectivity index (χ1) is 13.0. The van der Waals surface area contributed by atoms with Gasteiger partial charge in [0.15, 0.2) is 5.96 Å². The lowest BCUT2D eigenvalue weighted by Crippen LogP contribution is -2.41. The summed E-state index contributed by atoms with van der Waals surface area (Å²) in [5.74, 6) is 3.18. The molecule has 146 valence electrons. The largest absolute Gasteiger partial charge is 0.497 e. The molecule has 0 saturated heterocycles. The van der Waals surface area contributed by atoms with Gasteiger partial charge >= 0.3 is 0 Å². The summed E-state index contributed by atoms with van der Waals surface area (Å²) >= 11 is 0. The first kappa shape index (κ1) is 20.4. The highest BCUT2D eigenvalue weighted by molar-refractivity contribution is 5.79. The van der Waals surface area contributed by atoms with Crippen LogP contribution in [0.3, 0.4) is 0 Å². The van der Waals surface area contributed by atoms with Crippen LogP contribution in [0.1, 0.15) is 12.6 Å². The van der Waals surface area contributed by atoms with Crippen molar-refractivity contribution in [3.05, 3.63) is 48.2 Å². The third-order valence-corrected chi connectivity index (χ3v) is 3.85. The van der Waals surface area contributed by atoms with Gasteiger partial charge in [-0.2, -0.15) is 0 Å². The summed E-state index contributed by atoms with van der Waals surface area (Å²) in [5.41, 5.74) is 0.949. The second kappa shape index (κ2) is 10.3. The van der Waals surface area contributed by atoms with Gasteiger partial charge in [0, 0.05) is 27.2 Å². The molecule has 0 aliphatic heterocycles. The number of ether oxygens (including phenoxy) is 2. The van der Waals surface area contributed by atoms with Gasteiger partial charge in [-0.1, -0.05) is 12.1 Å². The molecule has 0 amide bonds. The molecule has 0 spiro atoms. The number of nitrogens with zero attached hydrogens (tertiary/aromatic N) is 3. The van der Waals surface area contributed by atoms with Gasteiger partial charge in [-0.25, -0.2) is 4.98 Å². The second-order valence-electron chi connectivity index (χ2n) is 6.30. The number of rotatable bonds is 8. The van der Waals surface area contributed by atoms with E-state index in [-0.39, 0.29) is 6.10 Å². The quantitative estimate of drug-likeness (QED) is 0.548. The first-order valence-corrected chi connectivity index (χ1v) is 8.90. The summed E-state index contributed by atoms with van der Waals surface area (Å²) in [7, 11) is 7.34. The Kier molecular flexibility index (Phi) is 7.73. The summed E-state index contributed by atoms with van der Waals surface area (Å²) in [6, 6.07) is 13.5. The predicted octanol–water partition coefficient (Wildman–Crippen LogP) is 2.29. The normalized spacial score (nSPS) is 12.3. The van der Waals surface area contributed by atoms with Crippen molar-refractivity contribution >= 4 is 11.8 Å². The molecule has 2 N–H and O–H groups in total. The summed E-state index contributed by atoms with van der Waals surface area (Å²) in [5, 5.41) is 6.54. The van der Waals surface area contributed by atoms with E-state index in [4.69, 9.17) is 9.47 Å². The summed E-state index contributed by atoms with van der Waals surface area (Å²) in [6.07, 6.45) is -0.0362. The highest BCUT2D eigenvalue weighted by atomic mass is 16.5. The SMILES string of the molecule is CN=C(NCc1cccc(N(C)C)n1)NCC(C)Oc1cccc(OC)c1. The van der Waals surface area contributed by atoms with E-state index in [1.165, 1.54) is 0 Å². The molecule has 1 unspecified atom stereocenters. The molecule has 1 aromatic carbocycles. The number of aliphatic imine (C=N–C) groups is 1. The minimum absolute atomic E-state index is 0.0362. The molecule has 0 aliphatic carbocycles. The van der Waals surface area contributed by atoms with Crippen molar-refractivity contribution in [1.29, 1.82) is 0 Å². The van der Waals surface area contributed by atoms with Crippen molar-refractivity contribution in [2.75, 3.05) is 39.7 Å². The van der Waals surface area contributed by atoms with E-state index in [0.717, 1.165) is 23.0 Å². The zero-order valence-corrected chi connectivity index (χ0v) is 16.7. The molecule has 2 rings (SSSR count). The van der Waals surface area contributed by atoms with Gasteiger partial charge in [-0.3, -0.25) is 4.99 Å². The topological polar surface area (TPSA) is 71.0 Å². The number of anilines is 1. The molecular formula is C20H29N5O2. The Labute approximate surface area is 161 Å². The van der Waals surface area contributed by atoms with Crippen molar-refractivity contribution < 1.29 is 9.47 Å². The van der Waals surface area contributed by atoms with Crippen LogP contribution in [0, 0.1) is 0 Å². The highest BCUT2D eigenvalue weighted by Gasteiger charge is 2.07. The number of hydrogen-bond donors (Lipinski definition) is 2. The molecule has 7 nitrogen and oxygen atoms in total. The number of hydrogen-bond acceptors (Lipinski definition) is 5. The molecule has 0 radical (unpaired) electrons. The third-order valence-electron chi connectivity index (χ3n) is 3.85. The zero-order valence-electron chi connectivity index (χ0n) is 16.7. The molecule has 1 aromatic heterocycles. The van der Waals surface area contributed by atoms with Crippen LogP contribution in [0.25, 0.3) is 0 Å². The van der Waals surface area contributed by atoms with Crippen LogP contribution < -0.4 is 25.0 Å². The molecular weight excluding hydrogens is 342 g/mol. The van der Waals surface area contributed by atoms with E-state index in [2.05, 4.69) is 20.6 Å². The molecule has 1 atom stereocenters. The van der Waals surface area contributed by atoms with Crippen molar-refractivity contribution in [1.82, 2.24) is 15.6 Å². The zero-order chi connectivity index (χ0) is 19.6. The first-order valence-electron chi connectivity index (χ1n) is 8.90. The van der Waals surface area contributed by atoms with E-state index in [1.807, 2.05) is 68.4 Å². The maximum atomic E-state index is 5.91. The number of methoxy groups -OCH3 is 1. The van der Waals surface area contributed by atoms with Gasteiger partial charge in [-0.15, -0.1) is 0 Å². The predicted molar refractivity (Wildman–Crippen MR) is 110 cm³/mol. The Morgan fingerprint density at radius 1 is 1.15 bits per heavy atom. The van der Waals surface area contributed by atoms with Crippen LogP contribution in [-0.4, -0.2) is 51.8 Å². The summed E-state index contributed by atoms with van der Waals surface area (Å²) in [6.45, 7) is 3.20. The molecule has 7 heteroatoms. The maximum Gasteiger partial charge on any atom is 0.191 e.